The highest BCUT2D eigenvalue weighted by Crippen LogP contribution is 2.28. The van der Waals surface area contributed by atoms with Gasteiger partial charge in [0.05, 0.1) is 0 Å². The second-order valence-corrected chi connectivity index (χ2v) is 4.79. The lowest BCUT2D eigenvalue weighted by Crippen LogP contribution is -2.22. The van der Waals surface area contributed by atoms with E-state index in [1.165, 1.54) is 23.4 Å². The Kier molecular flexibility index (Phi) is 2.42. The minimum Gasteiger partial charge on any atom is -0.465 e. The number of carbonyl (C=O) groups is 1. The molecule has 4 nitrogen and oxygen atoms in total. The zero-order valence-electron chi connectivity index (χ0n) is 9.72. The Morgan fingerprint density at radius 1 is 1.12 bits per heavy atom. The van der Waals surface area contributed by atoms with E-state index in [4.69, 9.17) is 5.11 Å². The first kappa shape index (κ1) is 10.4. The number of fused-ring (bicyclic) bond motifs is 1. The van der Waals surface area contributed by atoms with E-state index < -0.39 is 6.09 Å². The van der Waals surface area contributed by atoms with Crippen LogP contribution in [-0.4, -0.2) is 29.2 Å². The first-order valence-corrected chi connectivity index (χ1v) is 6.08. The van der Waals surface area contributed by atoms with Crippen LogP contribution in [0.4, 0.5) is 10.5 Å². The molecule has 1 aromatic carbocycles. The summed E-state index contributed by atoms with van der Waals surface area (Å²) < 4.78 is 0. The Labute approximate surface area is 100 Å². The number of anilines is 1. The summed E-state index contributed by atoms with van der Waals surface area (Å²) in [5.41, 5.74) is 3.56. The van der Waals surface area contributed by atoms with E-state index >= 15 is 0 Å². The number of amides is 1. The van der Waals surface area contributed by atoms with Gasteiger partial charge >= 0.3 is 6.09 Å². The smallest absolute Gasteiger partial charge is 0.407 e. The highest BCUT2D eigenvalue weighted by molar-refractivity contribution is 5.67. The van der Waals surface area contributed by atoms with Gasteiger partial charge in [0.2, 0.25) is 0 Å². The molecule has 90 valence electrons. The van der Waals surface area contributed by atoms with Crippen molar-refractivity contribution >= 4 is 11.8 Å². The summed E-state index contributed by atoms with van der Waals surface area (Å²) in [6, 6.07) is 6.35. The molecule has 4 heteroatoms. The van der Waals surface area contributed by atoms with Gasteiger partial charge in [0.25, 0.3) is 0 Å². The van der Waals surface area contributed by atoms with Crippen molar-refractivity contribution in [2.45, 2.75) is 25.9 Å². The summed E-state index contributed by atoms with van der Waals surface area (Å²) >= 11 is 0. The molecule has 2 heterocycles. The third-order valence-electron chi connectivity index (χ3n) is 3.65. The topological polar surface area (TPSA) is 43.8 Å². The van der Waals surface area contributed by atoms with Crippen LogP contribution in [0, 0.1) is 0 Å². The van der Waals surface area contributed by atoms with Crippen molar-refractivity contribution in [2.24, 2.45) is 0 Å². The molecule has 1 saturated heterocycles. The third-order valence-corrected chi connectivity index (χ3v) is 3.65. The second-order valence-electron chi connectivity index (χ2n) is 4.79. The molecule has 17 heavy (non-hydrogen) atoms. The molecule has 0 aliphatic carbocycles. The highest BCUT2D eigenvalue weighted by Gasteiger charge is 2.23. The minimum atomic E-state index is -0.830. The van der Waals surface area contributed by atoms with Gasteiger partial charge in [0.1, 0.15) is 0 Å². The van der Waals surface area contributed by atoms with E-state index in [-0.39, 0.29) is 0 Å². The second kappa shape index (κ2) is 3.95. The van der Waals surface area contributed by atoms with Crippen LogP contribution in [0.3, 0.4) is 0 Å². The highest BCUT2D eigenvalue weighted by atomic mass is 16.4. The molecular formula is C13H16N2O2. The van der Waals surface area contributed by atoms with Gasteiger partial charge < -0.3 is 10.0 Å². The monoisotopic (exact) mass is 232 g/mol. The predicted molar refractivity (Wildman–Crippen MR) is 65.2 cm³/mol. The Balaban J connectivity index is 1.84. The van der Waals surface area contributed by atoms with Crippen molar-refractivity contribution in [3.8, 4) is 0 Å². The van der Waals surface area contributed by atoms with Gasteiger partial charge in [-0.2, -0.15) is 0 Å². The van der Waals surface area contributed by atoms with E-state index in [2.05, 4.69) is 23.1 Å². The fourth-order valence-corrected chi connectivity index (χ4v) is 2.69. The Morgan fingerprint density at radius 2 is 1.82 bits per heavy atom. The lowest BCUT2D eigenvalue weighted by Gasteiger charge is -2.18. The fourth-order valence-electron chi connectivity index (χ4n) is 2.69. The minimum absolute atomic E-state index is 0.533. The van der Waals surface area contributed by atoms with Crippen molar-refractivity contribution in [2.75, 3.05) is 18.0 Å². The maximum Gasteiger partial charge on any atom is 0.407 e. The number of rotatable bonds is 1. The average molecular weight is 232 g/mol. The molecule has 0 bridgehead atoms. The van der Waals surface area contributed by atoms with E-state index in [9.17, 15) is 4.79 Å². The van der Waals surface area contributed by atoms with Crippen molar-refractivity contribution in [3.63, 3.8) is 0 Å². The molecule has 1 amide bonds. The maximum absolute atomic E-state index is 10.9. The zero-order chi connectivity index (χ0) is 11.8. The molecule has 2 aliphatic rings. The number of hydrogen-bond acceptors (Lipinski definition) is 2. The van der Waals surface area contributed by atoms with E-state index in [1.54, 1.807) is 0 Å². The SMILES string of the molecule is O=C(O)N1Cc2ccc(N3CCCC3)cc2C1. The van der Waals surface area contributed by atoms with E-state index in [0.29, 0.717) is 13.1 Å². The van der Waals surface area contributed by atoms with Crippen LogP contribution in [0.1, 0.15) is 24.0 Å². The van der Waals surface area contributed by atoms with Crippen molar-refractivity contribution < 1.29 is 9.90 Å². The first-order valence-electron chi connectivity index (χ1n) is 6.08. The van der Waals surface area contributed by atoms with Crippen molar-refractivity contribution in [1.29, 1.82) is 0 Å². The molecule has 0 saturated carbocycles. The molecule has 2 aliphatic heterocycles. The Bertz CT molecular complexity index is 453. The largest absolute Gasteiger partial charge is 0.465 e. The van der Waals surface area contributed by atoms with Crippen LogP contribution in [-0.2, 0) is 13.1 Å². The van der Waals surface area contributed by atoms with Gasteiger partial charge in [-0.1, -0.05) is 6.07 Å². The van der Waals surface area contributed by atoms with Gasteiger partial charge in [-0.05, 0) is 36.1 Å². The third kappa shape index (κ3) is 1.84. The quantitative estimate of drug-likeness (QED) is 0.807. The summed E-state index contributed by atoms with van der Waals surface area (Å²) in [6.45, 7) is 3.32. The summed E-state index contributed by atoms with van der Waals surface area (Å²) in [5, 5.41) is 8.98. The van der Waals surface area contributed by atoms with Gasteiger partial charge in [0.15, 0.2) is 0 Å². The lowest BCUT2D eigenvalue weighted by molar-refractivity contribution is 0.145. The summed E-state index contributed by atoms with van der Waals surface area (Å²) in [6.07, 6.45) is 1.69. The van der Waals surface area contributed by atoms with Crippen LogP contribution in [0.2, 0.25) is 0 Å². The standard InChI is InChI=1S/C13H16N2O2/c16-13(17)15-8-10-3-4-12(7-11(10)9-15)14-5-1-2-6-14/h3-4,7H,1-2,5-6,8-9H2,(H,16,17). The molecule has 3 rings (SSSR count). The molecule has 0 atom stereocenters. The lowest BCUT2D eigenvalue weighted by atomic mass is 10.1. The zero-order valence-corrected chi connectivity index (χ0v) is 9.72. The number of hydrogen-bond donors (Lipinski definition) is 1. The number of nitrogens with zero attached hydrogens (tertiary/aromatic N) is 2. The van der Waals surface area contributed by atoms with Crippen LogP contribution in [0.15, 0.2) is 18.2 Å². The molecule has 0 aromatic heterocycles. The maximum atomic E-state index is 10.9. The molecule has 1 aromatic rings. The van der Waals surface area contributed by atoms with Gasteiger partial charge in [0, 0.05) is 31.9 Å². The van der Waals surface area contributed by atoms with E-state index in [1.807, 2.05) is 0 Å². The molecule has 1 fully saturated rings. The van der Waals surface area contributed by atoms with Crippen molar-refractivity contribution in [3.05, 3.63) is 29.3 Å². The number of benzene rings is 1. The fraction of sp³-hybridized carbons (Fsp3) is 0.462. The van der Waals surface area contributed by atoms with Crippen LogP contribution in [0.5, 0.6) is 0 Å². The van der Waals surface area contributed by atoms with Gasteiger partial charge in [-0.25, -0.2) is 4.79 Å². The summed E-state index contributed by atoms with van der Waals surface area (Å²) in [7, 11) is 0. The predicted octanol–water partition coefficient (Wildman–Crippen LogP) is 2.28. The Morgan fingerprint density at radius 3 is 2.53 bits per heavy atom. The summed E-state index contributed by atoms with van der Waals surface area (Å²) in [4.78, 5) is 14.8. The average Bonchev–Trinajstić information content (AvgIpc) is 2.97. The molecule has 0 spiro atoms. The normalized spacial score (nSPS) is 18.6. The van der Waals surface area contributed by atoms with Gasteiger partial charge in [-0.15, -0.1) is 0 Å². The molecule has 0 unspecified atom stereocenters. The molecular weight excluding hydrogens is 216 g/mol. The summed E-state index contributed by atoms with van der Waals surface area (Å²) in [5.74, 6) is 0. The van der Waals surface area contributed by atoms with Crippen LogP contribution in [0.25, 0.3) is 0 Å². The first-order chi connectivity index (χ1) is 8.24. The molecule has 0 radical (unpaired) electrons. The van der Waals surface area contributed by atoms with Crippen molar-refractivity contribution in [1.82, 2.24) is 4.90 Å². The van der Waals surface area contributed by atoms with E-state index in [0.717, 1.165) is 24.2 Å². The van der Waals surface area contributed by atoms with Crippen LogP contribution < -0.4 is 4.90 Å². The molecule has 1 N–H and O–H groups in total. The van der Waals surface area contributed by atoms with Crippen LogP contribution >= 0.6 is 0 Å². The Hall–Kier alpha value is -1.71. The number of carboxylic acid groups (broad SMARTS) is 1. The van der Waals surface area contributed by atoms with Gasteiger partial charge in [-0.3, -0.25) is 4.90 Å².